The number of likely N-dealkylation sites (N-methyl/N-ethyl adjacent to an activating group) is 1. The van der Waals surface area contributed by atoms with Gasteiger partial charge in [-0.2, -0.15) is 0 Å². The van der Waals surface area contributed by atoms with Gasteiger partial charge in [0.25, 0.3) is 0 Å². The van der Waals surface area contributed by atoms with E-state index in [0.29, 0.717) is 0 Å². The van der Waals surface area contributed by atoms with E-state index in [1.54, 1.807) is 12.1 Å². The maximum Gasteiger partial charge on any atom is 0.123 e. The van der Waals surface area contributed by atoms with E-state index in [0.717, 1.165) is 38.3 Å². The average molecular weight is 358 g/mol. The second-order valence-corrected chi connectivity index (χ2v) is 6.52. The van der Waals surface area contributed by atoms with E-state index in [9.17, 15) is 4.39 Å². The molecule has 140 valence electrons. The van der Waals surface area contributed by atoms with Crippen LogP contribution >= 0.6 is 0 Å². The van der Waals surface area contributed by atoms with Gasteiger partial charge in [0.1, 0.15) is 5.82 Å². The molecule has 26 heavy (non-hydrogen) atoms. The molecule has 0 saturated carbocycles. The Labute approximate surface area is 154 Å². The molecule has 5 nitrogen and oxygen atoms in total. The fourth-order valence-corrected chi connectivity index (χ4v) is 3.42. The van der Waals surface area contributed by atoms with Crippen molar-refractivity contribution in [2.45, 2.75) is 19.1 Å². The lowest BCUT2D eigenvalue weighted by Crippen LogP contribution is -2.49. The molecule has 2 aromatic rings. The van der Waals surface area contributed by atoms with E-state index >= 15 is 0 Å². The molecule has 0 aliphatic carbocycles. The van der Waals surface area contributed by atoms with Crippen molar-refractivity contribution in [3.05, 3.63) is 59.9 Å². The van der Waals surface area contributed by atoms with Crippen LogP contribution in [0.4, 0.5) is 4.39 Å². The second-order valence-electron chi connectivity index (χ2n) is 6.52. The van der Waals surface area contributed by atoms with Gasteiger partial charge in [-0.3, -0.25) is 4.90 Å². The van der Waals surface area contributed by atoms with Crippen LogP contribution in [0.15, 0.2) is 42.9 Å². The maximum atomic E-state index is 12.9. The smallest absolute Gasteiger partial charge is 0.123 e. The summed E-state index contributed by atoms with van der Waals surface area (Å²) in [4.78, 5) is 6.72. The number of hydrogen-bond acceptors (Lipinski definition) is 4. The van der Waals surface area contributed by atoms with Gasteiger partial charge in [0.2, 0.25) is 0 Å². The highest BCUT2D eigenvalue weighted by atomic mass is 19.1. The molecule has 0 radical (unpaired) electrons. The lowest BCUT2D eigenvalue weighted by atomic mass is 10.0. The number of ether oxygens (including phenoxy) is 1. The molecule has 2 heterocycles. The summed E-state index contributed by atoms with van der Waals surface area (Å²) in [6.07, 6.45) is 7.90. The molecular formula is C20H27FN4O. The number of rotatable bonds is 7. The van der Waals surface area contributed by atoms with Crippen molar-refractivity contribution >= 4 is 6.08 Å². The van der Waals surface area contributed by atoms with Crippen molar-refractivity contribution in [3.8, 4) is 0 Å². The summed E-state index contributed by atoms with van der Waals surface area (Å²) < 4.78 is 21.1. The van der Waals surface area contributed by atoms with Gasteiger partial charge in [-0.15, -0.1) is 0 Å². The average Bonchev–Trinajstić information content (AvgIpc) is 3.08. The summed E-state index contributed by atoms with van der Waals surface area (Å²) in [7, 11) is 2.03. The topological polar surface area (TPSA) is 42.3 Å². The standard InChI is InChI=1S/C20H27FN4O/c1-3-25-11-12-26-19(20(25)18-13-23-15-24(18)2)14-22-10-4-5-16-6-8-17(21)9-7-16/h4-9,13,15,19-20,22H,3,10-12,14H2,1-2H3/b5-4+/t19-,20-/m0/s1. The van der Waals surface area contributed by atoms with Crippen molar-refractivity contribution in [2.24, 2.45) is 7.05 Å². The summed E-state index contributed by atoms with van der Waals surface area (Å²) in [6, 6.07) is 6.69. The molecule has 2 atom stereocenters. The van der Waals surface area contributed by atoms with Crippen molar-refractivity contribution in [2.75, 3.05) is 32.8 Å². The molecule has 1 saturated heterocycles. The summed E-state index contributed by atoms with van der Waals surface area (Å²) in [5.74, 6) is -0.212. The van der Waals surface area contributed by atoms with Crippen LogP contribution in [0.2, 0.25) is 0 Å². The zero-order chi connectivity index (χ0) is 18.4. The SMILES string of the molecule is CCN1CCO[C@@H](CNC/C=C/c2ccc(F)cc2)[C@@H]1c1cncn1C. The van der Waals surface area contributed by atoms with E-state index in [4.69, 9.17) is 4.74 Å². The third-order valence-corrected chi connectivity index (χ3v) is 4.81. The minimum Gasteiger partial charge on any atom is -0.374 e. The molecule has 6 heteroatoms. The molecule has 0 amide bonds. The third kappa shape index (κ3) is 4.58. The van der Waals surface area contributed by atoms with Gasteiger partial charge in [-0.1, -0.05) is 31.2 Å². The third-order valence-electron chi connectivity index (χ3n) is 4.81. The number of aromatic nitrogens is 2. The molecule has 1 aromatic carbocycles. The first-order valence-corrected chi connectivity index (χ1v) is 9.13. The van der Waals surface area contributed by atoms with Crippen LogP contribution in [0.5, 0.6) is 0 Å². The lowest BCUT2D eigenvalue weighted by Gasteiger charge is -2.40. The molecule has 1 aromatic heterocycles. The Kier molecular flexibility index (Phi) is 6.55. The van der Waals surface area contributed by atoms with Crippen molar-refractivity contribution in [3.63, 3.8) is 0 Å². The number of nitrogens with one attached hydrogen (secondary N) is 1. The maximum absolute atomic E-state index is 12.9. The summed E-state index contributed by atoms with van der Waals surface area (Å²) in [6.45, 7) is 6.36. The quantitative estimate of drug-likeness (QED) is 0.773. The van der Waals surface area contributed by atoms with Gasteiger partial charge in [0.05, 0.1) is 30.8 Å². The molecule has 1 fully saturated rings. The van der Waals surface area contributed by atoms with Crippen molar-refractivity contribution in [1.29, 1.82) is 0 Å². The first kappa shape index (κ1) is 18.8. The van der Waals surface area contributed by atoms with E-state index in [1.807, 2.05) is 31.7 Å². The molecule has 1 aliphatic heterocycles. The van der Waals surface area contributed by atoms with Gasteiger partial charge in [0.15, 0.2) is 0 Å². The van der Waals surface area contributed by atoms with Gasteiger partial charge in [-0.25, -0.2) is 9.37 Å². The van der Waals surface area contributed by atoms with E-state index in [2.05, 4.69) is 26.7 Å². The number of morpholine rings is 1. The molecule has 3 rings (SSSR count). The Morgan fingerprint density at radius 3 is 2.85 bits per heavy atom. The van der Waals surface area contributed by atoms with Crippen LogP contribution in [0, 0.1) is 5.82 Å². The molecule has 0 spiro atoms. The Balaban J connectivity index is 1.56. The van der Waals surface area contributed by atoms with Gasteiger partial charge >= 0.3 is 0 Å². The predicted molar refractivity (Wildman–Crippen MR) is 101 cm³/mol. The van der Waals surface area contributed by atoms with Gasteiger partial charge in [0, 0.05) is 32.9 Å². The fraction of sp³-hybridized carbons (Fsp3) is 0.450. The Bertz CT molecular complexity index is 713. The Hall–Kier alpha value is -2.02. The van der Waals surface area contributed by atoms with E-state index in [1.165, 1.54) is 17.8 Å². The Morgan fingerprint density at radius 1 is 1.35 bits per heavy atom. The first-order chi connectivity index (χ1) is 12.7. The van der Waals surface area contributed by atoms with Crippen LogP contribution < -0.4 is 5.32 Å². The number of aryl methyl sites for hydroxylation is 1. The minimum absolute atomic E-state index is 0.0818. The zero-order valence-corrected chi connectivity index (χ0v) is 15.4. The summed E-state index contributed by atoms with van der Waals surface area (Å²) in [5, 5.41) is 3.45. The van der Waals surface area contributed by atoms with Gasteiger partial charge < -0.3 is 14.6 Å². The zero-order valence-electron chi connectivity index (χ0n) is 15.4. The van der Waals surface area contributed by atoms with Crippen molar-refractivity contribution in [1.82, 2.24) is 19.8 Å². The number of imidazole rings is 1. The second kappa shape index (κ2) is 9.07. The van der Waals surface area contributed by atoms with Crippen LogP contribution in [0.3, 0.4) is 0 Å². The predicted octanol–water partition coefficient (Wildman–Crippen LogP) is 2.62. The van der Waals surface area contributed by atoms with E-state index in [-0.39, 0.29) is 18.0 Å². The molecule has 1 aliphatic rings. The summed E-state index contributed by atoms with van der Waals surface area (Å²) >= 11 is 0. The molecular weight excluding hydrogens is 331 g/mol. The summed E-state index contributed by atoms with van der Waals surface area (Å²) in [5.41, 5.74) is 2.17. The number of nitrogens with zero attached hydrogens (tertiary/aromatic N) is 3. The number of hydrogen-bond donors (Lipinski definition) is 1. The molecule has 1 N–H and O–H groups in total. The normalized spacial score (nSPS) is 21.5. The van der Waals surface area contributed by atoms with Crippen molar-refractivity contribution < 1.29 is 9.13 Å². The highest BCUT2D eigenvalue weighted by Gasteiger charge is 2.34. The number of benzene rings is 1. The molecule has 0 unspecified atom stereocenters. The number of halogens is 1. The highest BCUT2D eigenvalue weighted by Crippen LogP contribution is 2.28. The minimum atomic E-state index is -0.212. The van der Waals surface area contributed by atoms with Crippen LogP contribution in [0.25, 0.3) is 6.08 Å². The largest absolute Gasteiger partial charge is 0.374 e. The van der Waals surface area contributed by atoms with Crippen LogP contribution in [0.1, 0.15) is 24.2 Å². The van der Waals surface area contributed by atoms with Crippen LogP contribution in [-0.4, -0.2) is 53.3 Å². The first-order valence-electron chi connectivity index (χ1n) is 9.13. The lowest BCUT2D eigenvalue weighted by molar-refractivity contribution is -0.0711. The highest BCUT2D eigenvalue weighted by molar-refractivity contribution is 5.48. The monoisotopic (exact) mass is 358 g/mol. The Morgan fingerprint density at radius 2 is 2.15 bits per heavy atom. The molecule has 0 bridgehead atoms. The van der Waals surface area contributed by atoms with Crippen LogP contribution in [-0.2, 0) is 11.8 Å². The van der Waals surface area contributed by atoms with Gasteiger partial charge in [-0.05, 0) is 24.2 Å². The van der Waals surface area contributed by atoms with E-state index < -0.39 is 0 Å². The fourth-order valence-electron chi connectivity index (χ4n) is 3.42.